The Morgan fingerprint density at radius 2 is 1.68 bits per heavy atom. The van der Waals surface area contributed by atoms with Crippen molar-refractivity contribution < 1.29 is 32.6 Å². The van der Waals surface area contributed by atoms with E-state index < -0.39 is 45.0 Å². The van der Waals surface area contributed by atoms with Gasteiger partial charge in [-0.1, -0.05) is 41.9 Å². The van der Waals surface area contributed by atoms with E-state index >= 15 is 0 Å². The van der Waals surface area contributed by atoms with Crippen LogP contribution in [0.5, 0.6) is 0 Å². The van der Waals surface area contributed by atoms with E-state index in [1.54, 1.807) is 25.8 Å². The zero-order valence-corrected chi connectivity index (χ0v) is 24.5. The van der Waals surface area contributed by atoms with Gasteiger partial charge in [-0.15, -0.1) is 0 Å². The molecule has 2 N–H and O–H groups in total. The van der Waals surface area contributed by atoms with Crippen LogP contribution in [0, 0.1) is 0 Å². The molecule has 10 nitrogen and oxygen atoms in total. The number of hydrazine groups is 1. The number of amides is 2. The van der Waals surface area contributed by atoms with Crippen LogP contribution in [0.25, 0.3) is 0 Å². The van der Waals surface area contributed by atoms with Gasteiger partial charge in [-0.3, -0.25) is 15.2 Å². The molecule has 1 heterocycles. The summed E-state index contributed by atoms with van der Waals surface area (Å²) >= 11 is 6.32. The van der Waals surface area contributed by atoms with E-state index in [4.69, 9.17) is 16.3 Å². The summed E-state index contributed by atoms with van der Waals surface area (Å²) in [5.41, 5.74) is 4.08. The molecular weight excluding hydrogens is 570 g/mol. The molecule has 0 radical (unpaired) electrons. The fourth-order valence-corrected chi connectivity index (χ4v) is 6.14. The lowest BCUT2D eigenvalue weighted by atomic mass is 10.1. The molecule has 0 aliphatic carbocycles. The molecule has 12 heteroatoms. The van der Waals surface area contributed by atoms with E-state index in [-0.39, 0.29) is 22.2 Å². The lowest BCUT2D eigenvalue weighted by Gasteiger charge is -2.28. The third kappa shape index (κ3) is 6.63. The van der Waals surface area contributed by atoms with E-state index in [9.17, 15) is 27.9 Å². The van der Waals surface area contributed by atoms with Crippen molar-refractivity contribution in [1.82, 2.24) is 9.73 Å². The van der Waals surface area contributed by atoms with Crippen molar-refractivity contribution in [2.24, 2.45) is 0 Å². The normalized spacial score (nSPS) is 14.8. The quantitative estimate of drug-likeness (QED) is 0.376. The van der Waals surface area contributed by atoms with Gasteiger partial charge in [-0.2, -0.15) is 4.31 Å². The van der Waals surface area contributed by atoms with E-state index in [1.165, 1.54) is 36.4 Å². The Morgan fingerprint density at radius 3 is 2.32 bits per heavy atom. The number of hydrogen-bond donors (Lipinski definition) is 2. The fraction of sp³-hybridized carbons (Fsp3) is 0.276. The second kappa shape index (κ2) is 11.4. The summed E-state index contributed by atoms with van der Waals surface area (Å²) in [6.45, 7) is 6.26. The molecular formula is C29H30ClN3O7S. The number of benzene rings is 3. The molecule has 1 aliphatic heterocycles. The number of carbonyl (C=O) groups is 3. The summed E-state index contributed by atoms with van der Waals surface area (Å²) in [6.07, 6.45) is -0.428. The summed E-state index contributed by atoms with van der Waals surface area (Å²) in [4.78, 5) is 37.2. The molecule has 4 rings (SSSR count). The summed E-state index contributed by atoms with van der Waals surface area (Å²) in [5.74, 6) is -1.71. The molecule has 0 bridgehead atoms. The molecule has 216 valence electrons. The van der Waals surface area contributed by atoms with Crippen molar-refractivity contribution in [3.63, 3.8) is 0 Å². The molecule has 3 aromatic rings. The van der Waals surface area contributed by atoms with Crippen LogP contribution in [0.4, 0.5) is 10.5 Å². The maximum atomic E-state index is 13.9. The van der Waals surface area contributed by atoms with Gasteiger partial charge in [0.15, 0.2) is 0 Å². The molecule has 1 aliphatic rings. The summed E-state index contributed by atoms with van der Waals surface area (Å²) in [6, 6.07) is 16.8. The van der Waals surface area contributed by atoms with E-state index in [0.717, 1.165) is 23.7 Å². The van der Waals surface area contributed by atoms with Crippen molar-refractivity contribution in [2.45, 2.75) is 57.2 Å². The Bertz CT molecular complexity index is 1600. The van der Waals surface area contributed by atoms with Crippen LogP contribution in [0.1, 0.15) is 59.5 Å². The molecule has 0 unspecified atom stereocenters. The van der Waals surface area contributed by atoms with Gasteiger partial charge in [0, 0.05) is 5.56 Å². The second-order valence-electron chi connectivity index (χ2n) is 10.6. The van der Waals surface area contributed by atoms with Crippen molar-refractivity contribution in [2.75, 3.05) is 5.01 Å². The van der Waals surface area contributed by atoms with Gasteiger partial charge < -0.3 is 9.84 Å². The first-order valence-electron chi connectivity index (χ1n) is 12.7. The van der Waals surface area contributed by atoms with Crippen LogP contribution < -0.4 is 10.4 Å². The molecule has 0 fully saturated rings. The van der Waals surface area contributed by atoms with Crippen LogP contribution in [0.15, 0.2) is 71.6 Å². The van der Waals surface area contributed by atoms with E-state index in [1.807, 2.05) is 31.2 Å². The predicted octanol–water partition coefficient (Wildman–Crippen LogP) is 5.26. The highest BCUT2D eigenvalue weighted by molar-refractivity contribution is 7.89. The van der Waals surface area contributed by atoms with Crippen molar-refractivity contribution in [3.8, 4) is 0 Å². The number of sulfonamides is 1. The Hall–Kier alpha value is -4.09. The third-order valence-electron chi connectivity index (χ3n) is 6.31. The maximum absolute atomic E-state index is 13.9. The highest BCUT2D eigenvalue weighted by atomic mass is 35.5. The number of halogens is 1. The number of anilines is 1. The van der Waals surface area contributed by atoms with Crippen LogP contribution in [-0.2, 0) is 27.7 Å². The molecule has 0 saturated carbocycles. The Kier molecular flexibility index (Phi) is 8.32. The molecule has 0 aromatic heterocycles. The highest BCUT2D eigenvalue weighted by Gasteiger charge is 2.35. The molecule has 3 aromatic carbocycles. The van der Waals surface area contributed by atoms with Crippen LogP contribution in [0.3, 0.4) is 0 Å². The molecule has 2 amide bonds. The number of aromatic carboxylic acids is 1. The largest absolute Gasteiger partial charge is 0.478 e. The smallest absolute Gasteiger partial charge is 0.424 e. The zero-order valence-electron chi connectivity index (χ0n) is 22.9. The second-order valence-corrected chi connectivity index (χ2v) is 12.9. The van der Waals surface area contributed by atoms with Gasteiger partial charge in [0.1, 0.15) is 10.5 Å². The minimum atomic E-state index is -4.65. The standard InChI is InChI=1S/C29H30ClN3O7S/c1-18-15-21-7-5-6-8-24(21)33(18)31-26(34)22-13-14-23(30)25(16-22)41(38,39)32(28(37)40-29(2,3)4)17-19-9-11-20(12-10-19)27(35)36/h5-14,16,18H,15,17H2,1-4H3,(H,31,34)(H,35,36)/t18-/m1/s1. The van der Waals surface area contributed by atoms with Gasteiger partial charge >= 0.3 is 12.1 Å². The van der Waals surface area contributed by atoms with Crippen LogP contribution >= 0.6 is 11.6 Å². The number of para-hydroxylation sites is 1. The average Bonchev–Trinajstić information content (AvgIpc) is 3.21. The molecule has 1 atom stereocenters. The van der Waals surface area contributed by atoms with Gasteiger partial charge in [-0.05, 0) is 81.6 Å². The zero-order chi connectivity index (χ0) is 30.1. The first-order valence-corrected chi connectivity index (χ1v) is 14.5. The monoisotopic (exact) mass is 599 g/mol. The number of ether oxygens (including phenoxy) is 1. The number of nitrogens with one attached hydrogen (secondary N) is 1. The van der Waals surface area contributed by atoms with Crippen molar-refractivity contribution in [1.29, 1.82) is 0 Å². The highest BCUT2D eigenvalue weighted by Crippen LogP contribution is 2.31. The lowest BCUT2D eigenvalue weighted by molar-refractivity contribution is 0.0381. The van der Waals surface area contributed by atoms with Gasteiger partial charge in [0.05, 0.1) is 28.9 Å². The number of hydrogen-bond acceptors (Lipinski definition) is 7. The number of carboxylic acid groups (broad SMARTS) is 1. The van der Waals surface area contributed by atoms with E-state index in [0.29, 0.717) is 9.87 Å². The van der Waals surface area contributed by atoms with Gasteiger partial charge in [0.2, 0.25) is 0 Å². The first-order chi connectivity index (χ1) is 19.2. The minimum absolute atomic E-state index is 0.00266. The summed E-state index contributed by atoms with van der Waals surface area (Å²) < 4.78 is 33.7. The number of fused-ring (bicyclic) bond motifs is 1. The van der Waals surface area contributed by atoms with Crippen LogP contribution in [-0.4, -0.2) is 47.4 Å². The van der Waals surface area contributed by atoms with Gasteiger partial charge in [0.25, 0.3) is 15.9 Å². The SMILES string of the molecule is C[C@@H]1Cc2ccccc2N1NC(=O)c1ccc(Cl)c(S(=O)(=O)N(Cc2ccc(C(=O)O)cc2)C(=O)OC(C)(C)C)c1. The fourth-order valence-electron chi connectivity index (χ4n) is 4.35. The lowest BCUT2D eigenvalue weighted by Crippen LogP contribution is -2.45. The average molecular weight is 600 g/mol. The Morgan fingerprint density at radius 1 is 1.05 bits per heavy atom. The number of carbonyl (C=O) groups excluding carboxylic acids is 2. The molecule has 41 heavy (non-hydrogen) atoms. The Labute approximate surface area is 243 Å². The topological polar surface area (TPSA) is 133 Å². The molecule has 0 saturated heterocycles. The number of nitrogens with zero attached hydrogens (tertiary/aromatic N) is 2. The maximum Gasteiger partial charge on any atom is 0.424 e. The van der Waals surface area contributed by atoms with Crippen LogP contribution in [0.2, 0.25) is 5.02 Å². The van der Waals surface area contributed by atoms with Crippen molar-refractivity contribution in [3.05, 3.63) is 94.0 Å². The minimum Gasteiger partial charge on any atom is -0.478 e. The Balaban J connectivity index is 1.67. The third-order valence-corrected chi connectivity index (χ3v) is 8.51. The predicted molar refractivity (Wildman–Crippen MR) is 153 cm³/mol. The van der Waals surface area contributed by atoms with E-state index in [2.05, 4.69) is 5.43 Å². The first kappa shape index (κ1) is 29.9. The van der Waals surface area contributed by atoms with Crippen molar-refractivity contribution >= 4 is 45.3 Å². The number of rotatable bonds is 7. The van der Waals surface area contributed by atoms with Gasteiger partial charge in [-0.25, -0.2) is 18.0 Å². The summed E-state index contributed by atoms with van der Waals surface area (Å²) in [7, 11) is -4.65. The summed E-state index contributed by atoms with van der Waals surface area (Å²) in [5, 5.41) is 10.7. The molecule has 0 spiro atoms. The number of carboxylic acids is 1.